The molecule has 0 N–H and O–H groups in total. The van der Waals surface area contributed by atoms with E-state index in [1.165, 1.54) is 110 Å². The van der Waals surface area contributed by atoms with E-state index >= 15 is 0 Å². The maximum absolute atomic E-state index is 2.81. The van der Waals surface area contributed by atoms with E-state index in [-0.39, 0.29) is 0 Å². The molecule has 4 fully saturated rings. The lowest BCUT2D eigenvalue weighted by atomic mass is 9.90. The van der Waals surface area contributed by atoms with Gasteiger partial charge in [0.1, 0.15) is 0 Å². The Balaban J connectivity index is 1.11. The molecule has 4 heteroatoms. The second-order valence-electron chi connectivity index (χ2n) is 12.0. The van der Waals surface area contributed by atoms with E-state index in [2.05, 4.69) is 47.3 Å². The van der Waals surface area contributed by atoms with Crippen LogP contribution in [0.15, 0.2) is 0 Å². The minimum absolute atomic E-state index is 0.712. The van der Waals surface area contributed by atoms with Gasteiger partial charge in [-0.2, -0.15) is 0 Å². The normalized spacial score (nSPS) is 28.6. The van der Waals surface area contributed by atoms with E-state index < -0.39 is 0 Å². The number of hydrogen-bond acceptors (Lipinski definition) is 4. The Hall–Kier alpha value is -0.160. The summed E-state index contributed by atoms with van der Waals surface area (Å²) in [6.45, 7) is 22.8. The van der Waals surface area contributed by atoms with Gasteiger partial charge in [0.25, 0.3) is 0 Å². The zero-order valence-electron chi connectivity index (χ0n) is 20.6. The lowest BCUT2D eigenvalue weighted by molar-refractivity contribution is 0.0414. The molecular weight excluding hydrogens is 368 g/mol. The van der Waals surface area contributed by atoms with E-state index in [4.69, 9.17) is 0 Å². The minimum Gasteiger partial charge on any atom is -0.303 e. The van der Waals surface area contributed by atoms with Crippen LogP contribution < -0.4 is 0 Å². The third-order valence-electron chi connectivity index (χ3n) is 8.73. The molecule has 3 heterocycles. The molecule has 4 rings (SSSR count). The second-order valence-corrected chi connectivity index (χ2v) is 12.0. The van der Waals surface area contributed by atoms with Crippen molar-refractivity contribution < 1.29 is 0 Å². The molecule has 0 aromatic rings. The summed E-state index contributed by atoms with van der Waals surface area (Å²) in [5, 5.41) is 0. The summed E-state index contributed by atoms with van der Waals surface area (Å²) >= 11 is 0. The zero-order valence-corrected chi connectivity index (χ0v) is 20.6. The molecule has 4 nitrogen and oxygen atoms in total. The fraction of sp³-hybridized carbons (Fsp3) is 1.00. The molecule has 174 valence electrons. The van der Waals surface area contributed by atoms with Gasteiger partial charge in [-0.25, -0.2) is 0 Å². The summed E-state index contributed by atoms with van der Waals surface area (Å²) in [7, 11) is 0. The molecule has 4 aliphatic rings. The van der Waals surface area contributed by atoms with Crippen LogP contribution in [0.25, 0.3) is 0 Å². The van der Waals surface area contributed by atoms with Gasteiger partial charge in [-0.1, -0.05) is 13.8 Å². The van der Waals surface area contributed by atoms with Crippen LogP contribution in [0.2, 0.25) is 0 Å². The first-order valence-corrected chi connectivity index (χ1v) is 13.4. The van der Waals surface area contributed by atoms with Gasteiger partial charge in [0.15, 0.2) is 0 Å². The molecule has 0 radical (unpaired) electrons. The average molecular weight is 419 g/mol. The van der Waals surface area contributed by atoms with Gasteiger partial charge in [0.2, 0.25) is 0 Å². The second kappa shape index (κ2) is 10.2. The Kier molecular flexibility index (Phi) is 7.82. The van der Waals surface area contributed by atoms with Crippen molar-refractivity contribution in [3.8, 4) is 0 Å². The van der Waals surface area contributed by atoms with E-state index in [0.29, 0.717) is 11.5 Å². The Morgan fingerprint density at radius 1 is 0.733 bits per heavy atom. The van der Waals surface area contributed by atoms with Crippen LogP contribution in [0.1, 0.15) is 72.6 Å². The van der Waals surface area contributed by atoms with Crippen LogP contribution in [0.5, 0.6) is 0 Å². The highest BCUT2D eigenvalue weighted by atomic mass is 15.3. The molecule has 0 unspecified atom stereocenters. The van der Waals surface area contributed by atoms with E-state index in [0.717, 1.165) is 17.9 Å². The quantitative estimate of drug-likeness (QED) is 0.590. The van der Waals surface area contributed by atoms with Gasteiger partial charge in [-0.15, -0.1) is 0 Å². The summed E-state index contributed by atoms with van der Waals surface area (Å²) in [5.41, 5.74) is 0.712. The summed E-state index contributed by atoms with van der Waals surface area (Å²) in [4.78, 5) is 11.1. The molecule has 1 saturated carbocycles. The van der Waals surface area contributed by atoms with Crippen molar-refractivity contribution in [2.24, 2.45) is 17.3 Å². The lowest BCUT2D eigenvalue weighted by Crippen LogP contribution is -2.54. The van der Waals surface area contributed by atoms with Gasteiger partial charge in [-0.3, -0.25) is 9.80 Å². The fourth-order valence-electron chi connectivity index (χ4n) is 6.72. The standard InChI is InChI=1S/C26H50N4/c1-22(2)19-26(9-10-26)21-28-11-5-24(6-12-28)20-27-13-7-25(8-14-27)30-17-15-29(16-18-30)23(3)4/h22-25H,5-21H2,1-4H3. The van der Waals surface area contributed by atoms with Crippen molar-refractivity contribution in [1.29, 1.82) is 0 Å². The zero-order chi connectivity index (χ0) is 21.1. The summed E-state index contributed by atoms with van der Waals surface area (Å²) in [6, 6.07) is 1.57. The van der Waals surface area contributed by atoms with Gasteiger partial charge in [-0.05, 0) is 102 Å². The Bertz CT molecular complexity index is 505. The van der Waals surface area contributed by atoms with Crippen molar-refractivity contribution >= 4 is 0 Å². The first kappa shape index (κ1) is 23.0. The smallest absolute Gasteiger partial charge is 0.0121 e. The third kappa shape index (κ3) is 6.21. The maximum Gasteiger partial charge on any atom is 0.0121 e. The topological polar surface area (TPSA) is 13.0 Å². The summed E-state index contributed by atoms with van der Waals surface area (Å²) in [6.07, 6.45) is 10.1. The number of likely N-dealkylation sites (tertiary alicyclic amines) is 2. The monoisotopic (exact) mass is 418 g/mol. The molecular formula is C26H50N4. The van der Waals surface area contributed by atoms with E-state index in [9.17, 15) is 0 Å². The van der Waals surface area contributed by atoms with E-state index in [1.54, 1.807) is 0 Å². The minimum atomic E-state index is 0.712. The lowest BCUT2D eigenvalue weighted by Gasteiger charge is -2.44. The molecule has 0 aromatic heterocycles. The SMILES string of the molecule is CC(C)CC1(CN2CCC(CN3CCC(N4CCN(C(C)C)CC4)CC3)CC2)CC1. The van der Waals surface area contributed by atoms with Gasteiger partial charge in [0.05, 0.1) is 0 Å². The van der Waals surface area contributed by atoms with Crippen molar-refractivity contribution in [2.45, 2.75) is 84.7 Å². The summed E-state index contributed by atoms with van der Waals surface area (Å²) < 4.78 is 0. The number of hydrogen-bond donors (Lipinski definition) is 0. The van der Waals surface area contributed by atoms with Crippen LogP contribution in [-0.2, 0) is 0 Å². The number of piperazine rings is 1. The predicted octanol–water partition coefficient (Wildman–Crippen LogP) is 4.02. The van der Waals surface area contributed by atoms with Crippen molar-refractivity contribution in [3.05, 3.63) is 0 Å². The summed E-state index contributed by atoms with van der Waals surface area (Å²) in [5.74, 6) is 1.82. The van der Waals surface area contributed by atoms with Crippen molar-refractivity contribution in [3.63, 3.8) is 0 Å². The Morgan fingerprint density at radius 3 is 1.87 bits per heavy atom. The molecule has 30 heavy (non-hydrogen) atoms. The number of nitrogens with zero attached hydrogens (tertiary/aromatic N) is 4. The third-order valence-corrected chi connectivity index (χ3v) is 8.73. The van der Waals surface area contributed by atoms with Gasteiger partial charge in [0, 0.05) is 51.4 Å². The molecule has 0 atom stereocenters. The van der Waals surface area contributed by atoms with Crippen LogP contribution in [0.3, 0.4) is 0 Å². The molecule has 0 aromatic carbocycles. The number of piperidine rings is 2. The fourth-order valence-corrected chi connectivity index (χ4v) is 6.72. The number of rotatable bonds is 8. The highest BCUT2D eigenvalue weighted by Crippen LogP contribution is 2.51. The molecule has 0 bridgehead atoms. The molecule has 1 aliphatic carbocycles. The molecule has 3 aliphatic heterocycles. The Labute approximate surface area is 187 Å². The molecule has 0 spiro atoms. The van der Waals surface area contributed by atoms with Crippen LogP contribution >= 0.6 is 0 Å². The largest absolute Gasteiger partial charge is 0.303 e. The highest BCUT2D eigenvalue weighted by Gasteiger charge is 2.44. The van der Waals surface area contributed by atoms with Crippen molar-refractivity contribution in [1.82, 2.24) is 19.6 Å². The maximum atomic E-state index is 2.81. The van der Waals surface area contributed by atoms with Crippen LogP contribution in [0.4, 0.5) is 0 Å². The molecule has 0 amide bonds. The highest BCUT2D eigenvalue weighted by molar-refractivity contribution is 4.96. The Morgan fingerprint density at radius 2 is 1.33 bits per heavy atom. The van der Waals surface area contributed by atoms with Crippen LogP contribution in [0, 0.1) is 17.3 Å². The van der Waals surface area contributed by atoms with E-state index in [1.807, 2.05) is 0 Å². The molecule has 3 saturated heterocycles. The van der Waals surface area contributed by atoms with Crippen LogP contribution in [-0.4, -0.2) is 97.1 Å². The average Bonchev–Trinajstić information content (AvgIpc) is 3.48. The first-order valence-electron chi connectivity index (χ1n) is 13.4. The van der Waals surface area contributed by atoms with Gasteiger partial charge < -0.3 is 9.80 Å². The first-order chi connectivity index (χ1) is 14.4. The van der Waals surface area contributed by atoms with Crippen molar-refractivity contribution in [2.75, 3.05) is 65.4 Å². The van der Waals surface area contributed by atoms with Gasteiger partial charge >= 0.3 is 0 Å². The predicted molar refractivity (Wildman–Crippen MR) is 128 cm³/mol.